The summed E-state index contributed by atoms with van der Waals surface area (Å²) in [6.07, 6.45) is 4.05. The number of carbonyl (C=O) groups is 1. The van der Waals surface area contributed by atoms with Crippen LogP contribution < -0.4 is 15.5 Å². The van der Waals surface area contributed by atoms with Crippen LogP contribution in [-0.2, 0) is 4.74 Å². The zero-order valence-corrected chi connectivity index (χ0v) is 14.4. The molecule has 25 heavy (non-hydrogen) atoms. The Hall–Kier alpha value is -2.67. The lowest BCUT2D eigenvalue weighted by atomic mass is 10.2. The number of carbonyl (C=O) groups excluding carboxylic acids is 1. The normalized spacial score (nSPS) is 13.7. The van der Waals surface area contributed by atoms with Gasteiger partial charge in [-0.15, -0.1) is 0 Å². The van der Waals surface area contributed by atoms with E-state index in [1.165, 1.54) is 18.5 Å². The molecule has 132 valence electrons. The first kappa shape index (κ1) is 17.2. The summed E-state index contributed by atoms with van der Waals surface area (Å²) >= 11 is 0. The smallest absolute Gasteiger partial charge is 0.274 e. The molecule has 1 aliphatic rings. The van der Waals surface area contributed by atoms with Crippen molar-refractivity contribution in [3.63, 3.8) is 0 Å². The highest BCUT2D eigenvalue weighted by atomic mass is 16.5. The predicted octanol–water partition coefficient (Wildman–Crippen LogP) is 2.39. The minimum atomic E-state index is -0.258. The third-order valence-corrected chi connectivity index (χ3v) is 4.07. The minimum absolute atomic E-state index is 0.258. The Labute approximate surface area is 147 Å². The molecule has 1 aliphatic heterocycles. The van der Waals surface area contributed by atoms with Crippen LogP contribution in [0.15, 0.2) is 36.5 Å². The second-order valence-corrected chi connectivity index (χ2v) is 5.88. The number of benzene rings is 1. The highest BCUT2D eigenvalue weighted by molar-refractivity contribution is 6.03. The van der Waals surface area contributed by atoms with Gasteiger partial charge in [0.2, 0.25) is 5.95 Å². The van der Waals surface area contributed by atoms with Crippen molar-refractivity contribution in [3.05, 3.63) is 42.2 Å². The number of methoxy groups -OCH3 is 1. The van der Waals surface area contributed by atoms with Crippen molar-refractivity contribution in [1.29, 1.82) is 0 Å². The zero-order valence-electron chi connectivity index (χ0n) is 14.4. The molecular formula is C18H23N5O2. The molecule has 1 fully saturated rings. The molecule has 0 atom stereocenters. The molecule has 0 radical (unpaired) electrons. The molecule has 0 bridgehead atoms. The van der Waals surface area contributed by atoms with E-state index in [0.29, 0.717) is 24.8 Å². The average molecular weight is 341 g/mol. The Morgan fingerprint density at radius 2 is 1.96 bits per heavy atom. The highest BCUT2D eigenvalue weighted by Gasteiger charge is 2.13. The zero-order chi connectivity index (χ0) is 17.5. The van der Waals surface area contributed by atoms with Gasteiger partial charge >= 0.3 is 0 Å². The Bertz CT molecular complexity index is 699. The van der Waals surface area contributed by atoms with Gasteiger partial charge in [0, 0.05) is 44.3 Å². The van der Waals surface area contributed by atoms with Crippen molar-refractivity contribution >= 4 is 23.2 Å². The van der Waals surface area contributed by atoms with Gasteiger partial charge in [-0.05, 0) is 43.2 Å². The van der Waals surface area contributed by atoms with E-state index >= 15 is 0 Å². The number of ether oxygens (including phenoxy) is 1. The second kappa shape index (κ2) is 8.43. The summed E-state index contributed by atoms with van der Waals surface area (Å²) in [5, 5.41) is 5.88. The summed E-state index contributed by atoms with van der Waals surface area (Å²) < 4.78 is 4.97. The van der Waals surface area contributed by atoms with Crippen molar-refractivity contribution in [1.82, 2.24) is 9.97 Å². The van der Waals surface area contributed by atoms with Crippen LogP contribution in [0.25, 0.3) is 0 Å². The van der Waals surface area contributed by atoms with Crippen molar-refractivity contribution in [3.8, 4) is 0 Å². The molecule has 0 saturated carbocycles. The van der Waals surface area contributed by atoms with Crippen LogP contribution in [0.3, 0.4) is 0 Å². The van der Waals surface area contributed by atoms with Crippen LogP contribution in [0.2, 0.25) is 0 Å². The highest BCUT2D eigenvalue weighted by Crippen LogP contribution is 2.22. The molecule has 7 nitrogen and oxygen atoms in total. The molecule has 3 rings (SSSR count). The van der Waals surface area contributed by atoms with Crippen LogP contribution in [0.5, 0.6) is 0 Å². The van der Waals surface area contributed by atoms with Gasteiger partial charge < -0.3 is 20.3 Å². The summed E-state index contributed by atoms with van der Waals surface area (Å²) in [7, 11) is 1.63. The molecule has 2 N–H and O–H groups in total. The number of nitrogens with one attached hydrogen (secondary N) is 2. The maximum absolute atomic E-state index is 12.4. The fourth-order valence-corrected chi connectivity index (χ4v) is 2.76. The second-order valence-electron chi connectivity index (χ2n) is 5.88. The first-order chi connectivity index (χ1) is 12.3. The van der Waals surface area contributed by atoms with E-state index in [9.17, 15) is 4.79 Å². The average Bonchev–Trinajstić information content (AvgIpc) is 3.17. The van der Waals surface area contributed by atoms with Gasteiger partial charge in [0.15, 0.2) is 0 Å². The van der Waals surface area contributed by atoms with Crippen LogP contribution in [0.1, 0.15) is 23.3 Å². The molecule has 1 aromatic carbocycles. The van der Waals surface area contributed by atoms with E-state index in [2.05, 4.69) is 25.5 Å². The predicted molar refractivity (Wildman–Crippen MR) is 98.2 cm³/mol. The Balaban J connectivity index is 1.60. The van der Waals surface area contributed by atoms with Gasteiger partial charge in [-0.3, -0.25) is 4.79 Å². The topological polar surface area (TPSA) is 79.4 Å². The van der Waals surface area contributed by atoms with Gasteiger partial charge in [0.25, 0.3) is 5.91 Å². The molecule has 2 aromatic rings. The van der Waals surface area contributed by atoms with E-state index in [1.54, 1.807) is 19.4 Å². The molecule has 7 heteroatoms. The summed E-state index contributed by atoms with van der Waals surface area (Å²) in [6.45, 7) is 3.33. The third-order valence-electron chi connectivity index (χ3n) is 4.07. The number of aromatic nitrogens is 2. The number of amides is 1. The minimum Gasteiger partial charge on any atom is -0.383 e. The first-order valence-electron chi connectivity index (χ1n) is 8.48. The summed E-state index contributed by atoms with van der Waals surface area (Å²) in [6, 6.07) is 9.52. The lowest BCUT2D eigenvalue weighted by Gasteiger charge is -2.17. The van der Waals surface area contributed by atoms with E-state index in [4.69, 9.17) is 4.74 Å². The van der Waals surface area contributed by atoms with Crippen molar-refractivity contribution in [2.75, 3.05) is 48.9 Å². The number of anilines is 3. The van der Waals surface area contributed by atoms with E-state index < -0.39 is 0 Å². The maximum Gasteiger partial charge on any atom is 0.274 e. The van der Waals surface area contributed by atoms with Gasteiger partial charge in [0.05, 0.1) is 6.61 Å². The van der Waals surface area contributed by atoms with Crippen molar-refractivity contribution in [2.24, 2.45) is 0 Å². The monoisotopic (exact) mass is 341 g/mol. The quantitative estimate of drug-likeness (QED) is 0.753. The lowest BCUT2D eigenvalue weighted by Crippen LogP contribution is -2.18. The van der Waals surface area contributed by atoms with Crippen LogP contribution in [-0.4, -0.2) is 49.2 Å². The fourth-order valence-electron chi connectivity index (χ4n) is 2.76. The Morgan fingerprint density at radius 1 is 1.20 bits per heavy atom. The standard InChI is InChI=1S/C18H23N5O2/c1-25-13-10-20-18-19-9-8-16(22-18)17(24)21-14-4-6-15(7-5-14)23-11-2-3-12-23/h4-9H,2-3,10-13H2,1H3,(H,21,24)(H,19,20,22). The lowest BCUT2D eigenvalue weighted by molar-refractivity contribution is 0.102. The molecule has 1 amide bonds. The van der Waals surface area contributed by atoms with E-state index in [-0.39, 0.29) is 5.91 Å². The summed E-state index contributed by atoms with van der Waals surface area (Å²) in [5.41, 5.74) is 2.26. The van der Waals surface area contributed by atoms with Gasteiger partial charge in [-0.1, -0.05) is 0 Å². The SMILES string of the molecule is COCCNc1nccc(C(=O)Nc2ccc(N3CCCC3)cc2)n1. The van der Waals surface area contributed by atoms with Crippen molar-refractivity contribution < 1.29 is 9.53 Å². The molecule has 0 aliphatic carbocycles. The number of nitrogens with zero attached hydrogens (tertiary/aromatic N) is 3. The third kappa shape index (κ3) is 4.67. The van der Waals surface area contributed by atoms with Gasteiger partial charge in [0.1, 0.15) is 5.69 Å². The van der Waals surface area contributed by atoms with Crippen LogP contribution in [0.4, 0.5) is 17.3 Å². The molecule has 1 saturated heterocycles. The molecule has 1 aromatic heterocycles. The fraction of sp³-hybridized carbons (Fsp3) is 0.389. The number of rotatable bonds is 7. The Kier molecular flexibility index (Phi) is 5.79. The maximum atomic E-state index is 12.4. The molecule has 2 heterocycles. The summed E-state index contributed by atoms with van der Waals surface area (Å²) in [5.74, 6) is 0.153. The van der Waals surface area contributed by atoms with Gasteiger partial charge in [-0.25, -0.2) is 9.97 Å². The van der Waals surface area contributed by atoms with E-state index in [0.717, 1.165) is 18.8 Å². The summed E-state index contributed by atoms with van der Waals surface area (Å²) in [4.78, 5) is 23.0. The molecular weight excluding hydrogens is 318 g/mol. The number of hydrogen-bond acceptors (Lipinski definition) is 6. The largest absolute Gasteiger partial charge is 0.383 e. The van der Waals surface area contributed by atoms with E-state index in [1.807, 2.05) is 24.3 Å². The van der Waals surface area contributed by atoms with Crippen LogP contribution in [0, 0.1) is 0 Å². The Morgan fingerprint density at radius 3 is 2.68 bits per heavy atom. The molecule has 0 spiro atoms. The van der Waals surface area contributed by atoms with Gasteiger partial charge in [-0.2, -0.15) is 0 Å². The number of hydrogen-bond donors (Lipinski definition) is 2. The first-order valence-corrected chi connectivity index (χ1v) is 8.48. The van der Waals surface area contributed by atoms with Crippen molar-refractivity contribution in [2.45, 2.75) is 12.8 Å². The van der Waals surface area contributed by atoms with Crippen LogP contribution >= 0.6 is 0 Å². The molecule has 0 unspecified atom stereocenters.